The summed E-state index contributed by atoms with van der Waals surface area (Å²) in [4.78, 5) is 11.5. The summed E-state index contributed by atoms with van der Waals surface area (Å²) >= 11 is 0. The summed E-state index contributed by atoms with van der Waals surface area (Å²) in [5.41, 5.74) is 13.9. The number of hydrogen-bond acceptors (Lipinski definition) is 6. The molecule has 1 aliphatic carbocycles. The molecule has 5 N–H and O–H groups in total. The van der Waals surface area contributed by atoms with Gasteiger partial charge in [-0.2, -0.15) is 0 Å². The van der Waals surface area contributed by atoms with Crippen molar-refractivity contribution in [1.29, 1.82) is 5.41 Å². The van der Waals surface area contributed by atoms with Crippen molar-refractivity contribution in [3.8, 4) is 0 Å². The molecule has 2 aromatic heterocycles. The number of anilines is 1. The van der Waals surface area contributed by atoms with E-state index in [1.165, 1.54) is 12.1 Å². The quantitative estimate of drug-likeness (QED) is 0.382. The van der Waals surface area contributed by atoms with Gasteiger partial charge in [-0.15, -0.1) is 5.10 Å². The maximum atomic E-state index is 8.55. The Bertz CT molecular complexity index is 1260. The fraction of sp³-hybridized carbons (Fsp3) is 0.481. The standard InChI is InChI=1S/C21H30N8O.C6H6/c1-12-4-5-28(7-12)15-6-13(2)18-26-19(27-29(18)8-15)21-9-20(10-22,11-30-21)16(21)17(24)25-14(3)23;1-2-4-6-5-3-1/h6,8,12,16H,4-5,7,9-11,22H2,1-3H3,(H3,23,24,25);1-6H. The summed E-state index contributed by atoms with van der Waals surface area (Å²) < 4.78 is 8.11. The van der Waals surface area contributed by atoms with E-state index in [-0.39, 0.29) is 17.2 Å². The highest BCUT2D eigenvalue weighted by atomic mass is 16.5. The predicted molar refractivity (Wildman–Crippen MR) is 142 cm³/mol. The SMILES string of the molecule is CC(N)=NC(=N)C1C2(CN)COC1(c1nc3c(C)cc(N4CCC(C)C4)cn3n1)C2.c1ccccc1. The highest BCUT2D eigenvalue weighted by Gasteiger charge is 2.73. The molecule has 4 fully saturated rings. The Labute approximate surface area is 212 Å². The van der Waals surface area contributed by atoms with E-state index < -0.39 is 5.60 Å². The number of fused-ring (bicyclic) bond motifs is 2. The van der Waals surface area contributed by atoms with Gasteiger partial charge in [-0.05, 0) is 44.2 Å². The lowest BCUT2D eigenvalue weighted by molar-refractivity contribution is -0.0601. The zero-order valence-corrected chi connectivity index (χ0v) is 21.3. The van der Waals surface area contributed by atoms with Crippen LogP contribution in [0.2, 0.25) is 0 Å². The zero-order chi connectivity index (χ0) is 25.5. The Kier molecular flexibility index (Phi) is 6.30. The zero-order valence-electron chi connectivity index (χ0n) is 21.3. The highest BCUT2D eigenvalue weighted by molar-refractivity contribution is 5.96. The number of benzene rings is 1. The van der Waals surface area contributed by atoms with Crippen LogP contribution in [0.1, 0.15) is 38.1 Å². The van der Waals surface area contributed by atoms with Crippen LogP contribution < -0.4 is 16.4 Å². The first kappa shape index (κ1) is 24.4. The van der Waals surface area contributed by atoms with Crippen LogP contribution in [-0.4, -0.2) is 52.5 Å². The summed E-state index contributed by atoms with van der Waals surface area (Å²) in [5, 5.41) is 13.4. The van der Waals surface area contributed by atoms with Gasteiger partial charge in [0, 0.05) is 25.0 Å². The molecule has 9 nitrogen and oxygen atoms in total. The molecule has 4 atom stereocenters. The fourth-order valence-electron chi connectivity index (χ4n) is 5.96. The summed E-state index contributed by atoms with van der Waals surface area (Å²) in [7, 11) is 0. The molecule has 4 unspecified atom stereocenters. The number of rotatable bonds is 4. The molecular weight excluding hydrogens is 452 g/mol. The van der Waals surface area contributed by atoms with Crippen molar-refractivity contribution < 1.29 is 4.74 Å². The monoisotopic (exact) mass is 488 g/mol. The second-order valence-corrected chi connectivity index (χ2v) is 10.6. The van der Waals surface area contributed by atoms with Gasteiger partial charge >= 0.3 is 0 Å². The molecule has 4 aliphatic rings. The van der Waals surface area contributed by atoms with Crippen molar-refractivity contribution in [2.45, 2.75) is 39.2 Å². The van der Waals surface area contributed by atoms with Crippen molar-refractivity contribution in [3.63, 3.8) is 0 Å². The largest absolute Gasteiger partial charge is 0.387 e. The lowest BCUT2D eigenvalue weighted by Crippen LogP contribution is -2.59. The Balaban J connectivity index is 0.000000391. The van der Waals surface area contributed by atoms with Gasteiger partial charge in [0.15, 0.2) is 11.5 Å². The average molecular weight is 489 g/mol. The average Bonchev–Trinajstić information content (AvgIpc) is 3.61. The third-order valence-electron chi connectivity index (χ3n) is 7.72. The number of nitrogens with two attached hydrogens (primary N) is 2. The van der Waals surface area contributed by atoms with E-state index in [4.69, 9.17) is 31.7 Å². The number of aliphatic imine (C=N–C) groups is 1. The maximum Gasteiger partial charge on any atom is 0.184 e. The first-order chi connectivity index (χ1) is 17.3. The van der Waals surface area contributed by atoms with Gasteiger partial charge < -0.3 is 21.1 Å². The van der Waals surface area contributed by atoms with Crippen LogP contribution in [0.3, 0.4) is 0 Å². The lowest BCUT2D eigenvalue weighted by Gasteiger charge is -2.50. The maximum absolute atomic E-state index is 8.55. The van der Waals surface area contributed by atoms with Gasteiger partial charge in [-0.1, -0.05) is 43.3 Å². The first-order valence-corrected chi connectivity index (χ1v) is 12.6. The molecule has 7 rings (SSSR count). The lowest BCUT2D eigenvalue weighted by atomic mass is 9.53. The normalized spacial score (nSPS) is 29.1. The number of aryl methyl sites for hydroxylation is 1. The summed E-state index contributed by atoms with van der Waals surface area (Å²) in [6.45, 7) is 9.09. The van der Waals surface area contributed by atoms with Crippen molar-refractivity contribution in [2.75, 3.05) is 31.1 Å². The van der Waals surface area contributed by atoms with Crippen LogP contribution in [0.4, 0.5) is 5.69 Å². The van der Waals surface area contributed by atoms with Gasteiger partial charge in [-0.3, -0.25) is 5.41 Å². The van der Waals surface area contributed by atoms with E-state index in [0.29, 0.717) is 37.2 Å². The molecule has 1 aromatic carbocycles. The van der Waals surface area contributed by atoms with Crippen LogP contribution in [0.15, 0.2) is 53.7 Å². The van der Waals surface area contributed by atoms with Gasteiger partial charge in [0.25, 0.3) is 0 Å². The second kappa shape index (κ2) is 9.29. The molecule has 0 radical (unpaired) electrons. The Morgan fingerprint density at radius 2 is 1.94 bits per heavy atom. The second-order valence-electron chi connectivity index (χ2n) is 10.6. The molecule has 9 heteroatoms. The first-order valence-electron chi connectivity index (χ1n) is 12.6. The van der Waals surface area contributed by atoms with Crippen LogP contribution in [-0.2, 0) is 10.3 Å². The third kappa shape index (κ3) is 4.06. The van der Waals surface area contributed by atoms with E-state index >= 15 is 0 Å². The number of nitrogens with zero attached hydrogens (tertiary/aromatic N) is 5. The summed E-state index contributed by atoms with van der Waals surface area (Å²) in [6, 6.07) is 14.2. The number of nitrogens with one attached hydrogen (secondary N) is 1. The number of aromatic nitrogens is 3. The summed E-state index contributed by atoms with van der Waals surface area (Å²) in [5.74, 6) is 1.59. The highest BCUT2D eigenvalue weighted by Crippen LogP contribution is 2.66. The Hall–Kier alpha value is -3.30. The molecule has 5 heterocycles. The third-order valence-corrected chi connectivity index (χ3v) is 7.72. The van der Waals surface area contributed by atoms with E-state index in [2.05, 4.69) is 36.0 Å². The molecular formula is C27H36N8O. The Morgan fingerprint density at radius 3 is 2.53 bits per heavy atom. The van der Waals surface area contributed by atoms with Crippen LogP contribution in [0, 0.1) is 29.6 Å². The topological polar surface area (TPSA) is 131 Å². The van der Waals surface area contributed by atoms with E-state index in [1.807, 2.05) is 40.9 Å². The van der Waals surface area contributed by atoms with E-state index in [0.717, 1.165) is 24.3 Å². The minimum atomic E-state index is -0.754. The van der Waals surface area contributed by atoms with E-state index in [9.17, 15) is 0 Å². The molecule has 2 bridgehead atoms. The van der Waals surface area contributed by atoms with Gasteiger partial charge in [0.05, 0.1) is 30.2 Å². The summed E-state index contributed by atoms with van der Waals surface area (Å²) in [6.07, 6.45) is 3.97. The van der Waals surface area contributed by atoms with Crippen LogP contribution in [0.5, 0.6) is 0 Å². The molecule has 3 aromatic rings. The number of amidine groups is 2. The van der Waals surface area contributed by atoms with Gasteiger partial charge in [0.1, 0.15) is 11.4 Å². The number of ether oxygens (including phenoxy) is 1. The van der Waals surface area contributed by atoms with Gasteiger partial charge in [-0.25, -0.2) is 14.5 Å². The fourth-order valence-corrected chi connectivity index (χ4v) is 5.96. The molecule has 0 spiro atoms. The predicted octanol–water partition coefficient (Wildman–Crippen LogP) is 3.12. The Morgan fingerprint density at radius 1 is 1.25 bits per heavy atom. The van der Waals surface area contributed by atoms with Crippen LogP contribution >= 0.6 is 0 Å². The van der Waals surface area contributed by atoms with Gasteiger partial charge in [0.2, 0.25) is 0 Å². The smallest absolute Gasteiger partial charge is 0.184 e. The molecule has 190 valence electrons. The molecule has 3 saturated heterocycles. The van der Waals surface area contributed by atoms with Crippen molar-refractivity contribution >= 4 is 23.0 Å². The van der Waals surface area contributed by atoms with Crippen molar-refractivity contribution in [1.82, 2.24) is 14.6 Å². The molecule has 36 heavy (non-hydrogen) atoms. The minimum Gasteiger partial charge on any atom is -0.387 e. The number of pyridine rings is 1. The van der Waals surface area contributed by atoms with Crippen LogP contribution in [0.25, 0.3) is 5.65 Å². The number of hydrogen-bond donors (Lipinski definition) is 3. The van der Waals surface area contributed by atoms with Crippen molar-refractivity contribution in [2.24, 2.45) is 33.7 Å². The molecule has 0 amide bonds. The molecule has 3 aliphatic heterocycles. The van der Waals surface area contributed by atoms with Crippen molar-refractivity contribution in [3.05, 3.63) is 60.0 Å². The van der Waals surface area contributed by atoms with E-state index in [1.54, 1.807) is 6.92 Å². The minimum absolute atomic E-state index is 0.200. The molecule has 1 saturated carbocycles.